The summed E-state index contributed by atoms with van der Waals surface area (Å²) in [5.41, 5.74) is 1.49. The number of benzene rings is 2. The summed E-state index contributed by atoms with van der Waals surface area (Å²) in [5, 5.41) is 11.4. The SMILES string of the molecule is COc1cc(/C=N/O)ccc1OS(=O)(=O)c1ccc(C)cc1. The van der Waals surface area contributed by atoms with Crippen LogP contribution in [0.3, 0.4) is 0 Å². The van der Waals surface area contributed by atoms with Crippen molar-refractivity contribution < 1.29 is 22.5 Å². The third-order valence-electron chi connectivity index (χ3n) is 2.90. The van der Waals surface area contributed by atoms with Crippen LogP contribution in [0.25, 0.3) is 0 Å². The molecule has 0 fully saturated rings. The number of oxime groups is 1. The summed E-state index contributed by atoms with van der Waals surface area (Å²) in [7, 11) is -2.56. The summed E-state index contributed by atoms with van der Waals surface area (Å²) in [4.78, 5) is 0.0566. The van der Waals surface area contributed by atoms with Crippen LogP contribution < -0.4 is 8.92 Å². The fourth-order valence-corrected chi connectivity index (χ4v) is 2.71. The summed E-state index contributed by atoms with van der Waals surface area (Å²) < 4.78 is 34.7. The van der Waals surface area contributed by atoms with Gasteiger partial charge < -0.3 is 14.1 Å². The number of ether oxygens (including phenoxy) is 1. The Morgan fingerprint density at radius 2 is 1.77 bits per heavy atom. The van der Waals surface area contributed by atoms with Crippen LogP contribution in [-0.4, -0.2) is 26.9 Å². The fourth-order valence-electron chi connectivity index (χ4n) is 1.77. The van der Waals surface area contributed by atoms with Gasteiger partial charge in [0.2, 0.25) is 0 Å². The molecule has 0 aliphatic heterocycles. The zero-order valence-corrected chi connectivity index (χ0v) is 12.9. The van der Waals surface area contributed by atoms with E-state index in [0.717, 1.165) is 5.56 Å². The average Bonchev–Trinajstić information content (AvgIpc) is 2.49. The van der Waals surface area contributed by atoms with Crippen LogP contribution in [0, 0.1) is 6.92 Å². The molecule has 0 spiro atoms. The second-order valence-corrected chi connectivity index (χ2v) is 6.05. The molecule has 2 aromatic rings. The number of hydrogen-bond donors (Lipinski definition) is 1. The van der Waals surface area contributed by atoms with Crippen molar-refractivity contribution in [2.45, 2.75) is 11.8 Å². The number of hydrogen-bond acceptors (Lipinski definition) is 6. The van der Waals surface area contributed by atoms with Crippen LogP contribution in [0.5, 0.6) is 11.5 Å². The molecule has 6 nitrogen and oxygen atoms in total. The van der Waals surface area contributed by atoms with Gasteiger partial charge in [-0.1, -0.05) is 22.9 Å². The lowest BCUT2D eigenvalue weighted by molar-refractivity contribution is 0.322. The lowest BCUT2D eigenvalue weighted by atomic mass is 10.2. The minimum Gasteiger partial charge on any atom is -0.493 e. The van der Waals surface area contributed by atoms with E-state index in [4.69, 9.17) is 14.1 Å². The van der Waals surface area contributed by atoms with E-state index in [0.29, 0.717) is 5.56 Å². The van der Waals surface area contributed by atoms with E-state index in [-0.39, 0.29) is 16.4 Å². The first-order valence-corrected chi connectivity index (χ1v) is 7.74. The Kier molecular flexibility index (Phi) is 4.67. The van der Waals surface area contributed by atoms with Crippen LogP contribution in [0.15, 0.2) is 52.5 Å². The summed E-state index contributed by atoms with van der Waals surface area (Å²) >= 11 is 0. The maximum absolute atomic E-state index is 12.2. The van der Waals surface area contributed by atoms with Crippen LogP contribution in [0.4, 0.5) is 0 Å². The van der Waals surface area contributed by atoms with Crippen molar-refractivity contribution in [3.05, 3.63) is 53.6 Å². The van der Waals surface area contributed by atoms with Gasteiger partial charge in [0, 0.05) is 5.56 Å². The van der Waals surface area contributed by atoms with Gasteiger partial charge in [0.1, 0.15) is 4.90 Å². The van der Waals surface area contributed by atoms with Gasteiger partial charge in [-0.2, -0.15) is 8.42 Å². The number of nitrogens with zero attached hydrogens (tertiary/aromatic N) is 1. The minimum atomic E-state index is -3.95. The first-order chi connectivity index (χ1) is 10.5. The predicted molar refractivity (Wildman–Crippen MR) is 81.4 cm³/mol. The molecule has 0 radical (unpaired) electrons. The monoisotopic (exact) mass is 321 g/mol. The molecule has 0 atom stereocenters. The van der Waals surface area contributed by atoms with E-state index in [1.807, 2.05) is 6.92 Å². The van der Waals surface area contributed by atoms with E-state index >= 15 is 0 Å². The Morgan fingerprint density at radius 1 is 1.09 bits per heavy atom. The Balaban J connectivity index is 2.35. The second kappa shape index (κ2) is 6.48. The van der Waals surface area contributed by atoms with Gasteiger partial charge in [-0.25, -0.2) is 0 Å². The first-order valence-electron chi connectivity index (χ1n) is 6.33. The van der Waals surface area contributed by atoms with Crippen LogP contribution in [0.2, 0.25) is 0 Å². The maximum Gasteiger partial charge on any atom is 0.339 e. The van der Waals surface area contributed by atoms with E-state index in [1.54, 1.807) is 18.2 Å². The van der Waals surface area contributed by atoms with Gasteiger partial charge in [0.15, 0.2) is 11.5 Å². The molecule has 0 aromatic heterocycles. The van der Waals surface area contributed by atoms with Crippen molar-refractivity contribution in [2.24, 2.45) is 5.16 Å². The molecule has 116 valence electrons. The molecule has 22 heavy (non-hydrogen) atoms. The third-order valence-corrected chi connectivity index (χ3v) is 4.15. The highest BCUT2D eigenvalue weighted by Gasteiger charge is 2.19. The molecule has 2 rings (SSSR count). The molecule has 1 N–H and O–H groups in total. The van der Waals surface area contributed by atoms with Crippen molar-refractivity contribution in [2.75, 3.05) is 7.11 Å². The Hall–Kier alpha value is -2.54. The minimum absolute atomic E-state index is 0.0539. The summed E-state index contributed by atoms with van der Waals surface area (Å²) in [6.07, 6.45) is 1.20. The molecule has 0 unspecified atom stereocenters. The Labute approximate surface area is 128 Å². The molecule has 0 aliphatic rings. The average molecular weight is 321 g/mol. The molecular formula is C15H15NO5S. The van der Waals surface area contributed by atoms with Crippen molar-refractivity contribution in [1.82, 2.24) is 0 Å². The van der Waals surface area contributed by atoms with E-state index in [1.165, 1.54) is 37.6 Å². The lowest BCUT2D eigenvalue weighted by Gasteiger charge is -2.11. The zero-order valence-electron chi connectivity index (χ0n) is 12.1. The quantitative estimate of drug-likeness (QED) is 0.396. The summed E-state index contributed by atoms with van der Waals surface area (Å²) in [6.45, 7) is 1.86. The standard InChI is InChI=1S/C15H15NO5S/c1-11-3-6-13(7-4-11)22(18,19)21-14-8-5-12(10-16-17)9-15(14)20-2/h3-10,17H,1-2H3/b16-10+. The van der Waals surface area contributed by atoms with E-state index in [2.05, 4.69) is 5.16 Å². The van der Waals surface area contributed by atoms with E-state index in [9.17, 15) is 8.42 Å². The van der Waals surface area contributed by atoms with Gasteiger partial charge in [-0.3, -0.25) is 0 Å². The van der Waals surface area contributed by atoms with Crippen LogP contribution in [0.1, 0.15) is 11.1 Å². The highest BCUT2D eigenvalue weighted by Crippen LogP contribution is 2.30. The molecule has 0 heterocycles. The predicted octanol–water partition coefficient (Wildman–Crippen LogP) is 2.58. The largest absolute Gasteiger partial charge is 0.493 e. The molecule has 2 aromatic carbocycles. The fraction of sp³-hybridized carbons (Fsp3) is 0.133. The van der Waals surface area contributed by atoms with Crippen molar-refractivity contribution >= 4 is 16.3 Å². The zero-order chi connectivity index (χ0) is 16.2. The van der Waals surface area contributed by atoms with Crippen molar-refractivity contribution in [3.8, 4) is 11.5 Å². The smallest absolute Gasteiger partial charge is 0.339 e. The Bertz CT molecular complexity index is 782. The van der Waals surface area contributed by atoms with E-state index < -0.39 is 10.1 Å². The van der Waals surface area contributed by atoms with Gasteiger partial charge >= 0.3 is 10.1 Å². The van der Waals surface area contributed by atoms with Gasteiger partial charge in [0.05, 0.1) is 13.3 Å². The molecule has 0 bridgehead atoms. The number of rotatable bonds is 5. The molecule has 0 saturated carbocycles. The summed E-state index contributed by atoms with van der Waals surface area (Å²) in [5.74, 6) is 0.270. The van der Waals surface area contributed by atoms with Gasteiger partial charge in [-0.05, 0) is 37.3 Å². The van der Waals surface area contributed by atoms with Crippen molar-refractivity contribution in [3.63, 3.8) is 0 Å². The first kappa shape index (κ1) is 15.8. The number of aryl methyl sites for hydroxylation is 1. The van der Waals surface area contributed by atoms with Gasteiger partial charge in [0.25, 0.3) is 0 Å². The molecule has 7 heteroatoms. The lowest BCUT2D eigenvalue weighted by Crippen LogP contribution is -2.10. The molecule has 0 amide bonds. The number of methoxy groups -OCH3 is 1. The topological polar surface area (TPSA) is 85.2 Å². The van der Waals surface area contributed by atoms with Crippen LogP contribution >= 0.6 is 0 Å². The Morgan fingerprint density at radius 3 is 2.36 bits per heavy atom. The molecule has 0 aliphatic carbocycles. The normalized spacial score (nSPS) is 11.5. The third kappa shape index (κ3) is 3.56. The van der Waals surface area contributed by atoms with Gasteiger partial charge in [-0.15, -0.1) is 0 Å². The van der Waals surface area contributed by atoms with Crippen LogP contribution in [-0.2, 0) is 10.1 Å². The van der Waals surface area contributed by atoms with Crippen molar-refractivity contribution in [1.29, 1.82) is 0 Å². The summed E-state index contributed by atoms with van der Waals surface area (Å²) in [6, 6.07) is 10.8. The second-order valence-electron chi connectivity index (χ2n) is 4.51. The highest BCUT2D eigenvalue weighted by molar-refractivity contribution is 7.87. The molecular weight excluding hydrogens is 306 g/mol. The maximum atomic E-state index is 12.2. The molecule has 0 saturated heterocycles. The highest BCUT2D eigenvalue weighted by atomic mass is 32.2.